The molecule has 1 saturated heterocycles. The summed E-state index contributed by atoms with van der Waals surface area (Å²) >= 11 is 0. The van der Waals surface area contributed by atoms with Gasteiger partial charge in [-0.15, -0.1) is 0 Å². The average molecular weight is 213 g/mol. The van der Waals surface area contributed by atoms with Crippen LogP contribution in [0.1, 0.15) is 18.6 Å². The van der Waals surface area contributed by atoms with Crippen molar-refractivity contribution < 1.29 is 13.5 Å². The highest BCUT2D eigenvalue weighted by atomic mass is 19.2. The summed E-state index contributed by atoms with van der Waals surface area (Å²) in [5.41, 5.74) is 0.674. The Morgan fingerprint density at radius 3 is 2.73 bits per heavy atom. The Bertz CT molecular complexity index is 348. The van der Waals surface area contributed by atoms with E-state index >= 15 is 0 Å². The number of halogens is 2. The summed E-state index contributed by atoms with van der Waals surface area (Å²) in [6.07, 6.45) is -0.184. The summed E-state index contributed by atoms with van der Waals surface area (Å²) in [7, 11) is 0. The van der Waals surface area contributed by atoms with E-state index in [-0.39, 0.29) is 6.10 Å². The fourth-order valence-electron chi connectivity index (χ4n) is 1.61. The number of rotatable bonds is 1. The van der Waals surface area contributed by atoms with Gasteiger partial charge in [0, 0.05) is 12.6 Å². The lowest BCUT2D eigenvalue weighted by atomic mass is 10.1. The molecular formula is C11H13F2NO. The monoisotopic (exact) mass is 213 g/mol. The zero-order valence-corrected chi connectivity index (χ0v) is 8.47. The van der Waals surface area contributed by atoms with E-state index in [9.17, 15) is 8.78 Å². The SMILES string of the molecule is CC1COC(c2ccc(F)c(F)c2)CN1. The maximum Gasteiger partial charge on any atom is 0.159 e. The summed E-state index contributed by atoms with van der Waals surface area (Å²) < 4.78 is 31.2. The Labute approximate surface area is 87.2 Å². The predicted molar refractivity (Wildman–Crippen MR) is 52.5 cm³/mol. The predicted octanol–water partition coefficient (Wildman–Crippen LogP) is 2.01. The van der Waals surface area contributed by atoms with Gasteiger partial charge in [-0.3, -0.25) is 0 Å². The molecule has 0 aromatic heterocycles. The van der Waals surface area contributed by atoms with Gasteiger partial charge in [0.15, 0.2) is 11.6 Å². The Morgan fingerprint density at radius 2 is 2.13 bits per heavy atom. The van der Waals surface area contributed by atoms with Crippen LogP contribution in [0.4, 0.5) is 8.78 Å². The van der Waals surface area contributed by atoms with Gasteiger partial charge >= 0.3 is 0 Å². The first-order valence-corrected chi connectivity index (χ1v) is 4.97. The van der Waals surface area contributed by atoms with Gasteiger partial charge in [-0.1, -0.05) is 6.07 Å². The fraction of sp³-hybridized carbons (Fsp3) is 0.455. The molecule has 0 bridgehead atoms. The number of nitrogens with one attached hydrogen (secondary N) is 1. The minimum atomic E-state index is -0.824. The van der Waals surface area contributed by atoms with Crippen LogP contribution in [-0.4, -0.2) is 19.2 Å². The smallest absolute Gasteiger partial charge is 0.159 e. The van der Waals surface area contributed by atoms with Gasteiger partial charge in [0.25, 0.3) is 0 Å². The van der Waals surface area contributed by atoms with Crippen molar-refractivity contribution >= 4 is 0 Å². The quantitative estimate of drug-likeness (QED) is 0.770. The lowest BCUT2D eigenvalue weighted by Crippen LogP contribution is -2.40. The molecule has 1 aromatic rings. The molecule has 4 heteroatoms. The number of morpholine rings is 1. The van der Waals surface area contributed by atoms with Crippen LogP contribution < -0.4 is 5.32 Å². The van der Waals surface area contributed by atoms with Crippen LogP contribution >= 0.6 is 0 Å². The standard InChI is InChI=1S/C11H13F2NO/c1-7-6-15-11(5-14-7)8-2-3-9(12)10(13)4-8/h2-4,7,11,14H,5-6H2,1H3. The summed E-state index contributed by atoms with van der Waals surface area (Å²) in [6.45, 7) is 3.23. The highest BCUT2D eigenvalue weighted by Crippen LogP contribution is 2.21. The van der Waals surface area contributed by atoms with Crippen LogP contribution in [0.15, 0.2) is 18.2 Å². The average Bonchev–Trinajstić information content (AvgIpc) is 2.23. The largest absolute Gasteiger partial charge is 0.371 e. The molecule has 15 heavy (non-hydrogen) atoms. The van der Waals surface area contributed by atoms with E-state index in [0.29, 0.717) is 24.8 Å². The number of hydrogen-bond acceptors (Lipinski definition) is 2. The fourth-order valence-corrected chi connectivity index (χ4v) is 1.61. The van der Waals surface area contributed by atoms with Gasteiger partial charge in [0.2, 0.25) is 0 Å². The van der Waals surface area contributed by atoms with Crippen LogP contribution in [0.3, 0.4) is 0 Å². The van der Waals surface area contributed by atoms with E-state index in [4.69, 9.17) is 4.74 Å². The molecule has 82 valence electrons. The van der Waals surface area contributed by atoms with Crippen LogP contribution in [-0.2, 0) is 4.74 Å². The molecule has 1 N–H and O–H groups in total. The Morgan fingerprint density at radius 1 is 1.33 bits per heavy atom. The molecule has 0 saturated carbocycles. The van der Waals surface area contributed by atoms with Crippen molar-refractivity contribution in [3.8, 4) is 0 Å². The highest BCUT2D eigenvalue weighted by molar-refractivity contribution is 5.21. The summed E-state index contributed by atoms with van der Waals surface area (Å²) in [5, 5.41) is 3.22. The molecule has 0 spiro atoms. The zero-order chi connectivity index (χ0) is 10.8. The van der Waals surface area contributed by atoms with Crippen LogP contribution in [0.5, 0.6) is 0 Å². The second-order valence-corrected chi connectivity index (χ2v) is 3.80. The molecule has 0 aliphatic carbocycles. The van der Waals surface area contributed by atoms with Gasteiger partial charge in [0.1, 0.15) is 0 Å². The van der Waals surface area contributed by atoms with E-state index in [0.717, 1.165) is 6.07 Å². The van der Waals surface area contributed by atoms with Crippen molar-refractivity contribution in [2.24, 2.45) is 0 Å². The van der Waals surface area contributed by atoms with E-state index in [1.807, 2.05) is 6.92 Å². The van der Waals surface area contributed by atoms with Crippen LogP contribution in [0, 0.1) is 11.6 Å². The first kappa shape index (κ1) is 10.5. The zero-order valence-electron chi connectivity index (χ0n) is 8.47. The van der Waals surface area contributed by atoms with Gasteiger partial charge in [-0.2, -0.15) is 0 Å². The topological polar surface area (TPSA) is 21.3 Å². The second-order valence-electron chi connectivity index (χ2n) is 3.80. The number of benzene rings is 1. The first-order valence-electron chi connectivity index (χ1n) is 4.97. The van der Waals surface area contributed by atoms with Crippen molar-refractivity contribution in [2.75, 3.05) is 13.2 Å². The first-order chi connectivity index (χ1) is 7.16. The van der Waals surface area contributed by atoms with E-state index in [1.165, 1.54) is 6.07 Å². The summed E-state index contributed by atoms with van der Waals surface area (Å²) in [6, 6.07) is 4.19. The van der Waals surface area contributed by atoms with Crippen LogP contribution in [0.2, 0.25) is 0 Å². The molecule has 1 fully saturated rings. The Balaban J connectivity index is 2.12. The molecule has 0 radical (unpaired) electrons. The minimum absolute atomic E-state index is 0.184. The third-order valence-corrected chi connectivity index (χ3v) is 2.51. The molecule has 2 nitrogen and oxygen atoms in total. The lowest BCUT2D eigenvalue weighted by Gasteiger charge is -2.28. The van der Waals surface area contributed by atoms with E-state index < -0.39 is 11.6 Å². The second kappa shape index (κ2) is 4.24. The molecule has 1 aliphatic heterocycles. The highest BCUT2D eigenvalue weighted by Gasteiger charge is 2.20. The maximum atomic E-state index is 13.0. The van der Waals surface area contributed by atoms with Gasteiger partial charge in [0.05, 0.1) is 12.7 Å². The lowest BCUT2D eigenvalue weighted by molar-refractivity contribution is 0.00674. The van der Waals surface area contributed by atoms with Gasteiger partial charge in [-0.05, 0) is 24.6 Å². The molecule has 2 atom stereocenters. The normalized spacial score (nSPS) is 26.6. The maximum absolute atomic E-state index is 13.0. The van der Waals surface area contributed by atoms with Crippen molar-refractivity contribution in [2.45, 2.75) is 19.1 Å². The third-order valence-electron chi connectivity index (χ3n) is 2.51. The van der Waals surface area contributed by atoms with Crippen LogP contribution in [0.25, 0.3) is 0 Å². The molecule has 2 rings (SSSR count). The van der Waals surface area contributed by atoms with Crippen molar-refractivity contribution in [1.82, 2.24) is 5.32 Å². The Hall–Kier alpha value is -1.00. The molecular weight excluding hydrogens is 200 g/mol. The van der Waals surface area contributed by atoms with Gasteiger partial charge < -0.3 is 10.1 Å². The molecule has 1 heterocycles. The van der Waals surface area contributed by atoms with Gasteiger partial charge in [-0.25, -0.2) is 8.78 Å². The van der Waals surface area contributed by atoms with E-state index in [1.54, 1.807) is 6.07 Å². The third kappa shape index (κ3) is 2.33. The summed E-state index contributed by atoms with van der Waals surface area (Å²) in [5.74, 6) is -1.65. The molecule has 0 amide bonds. The molecule has 1 aromatic carbocycles. The minimum Gasteiger partial charge on any atom is -0.371 e. The van der Waals surface area contributed by atoms with Crippen molar-refractivity contribution in [1.29, 1.82) is 0 Å². The van der Waals surface area contributed by atoms with Crippen molar-refractivity contribution in [3.63, 3.8) is 0 Å². The molecule has 1 aliphatic rings. The Kier molecular flexibility index (Phi) is 2.98. The number of hydrogen-bond donors (Lipinski definition) is 1. The summed E-state index contributed by atoms with van der Waals surface area (Å²) in [4.78, 5) is 0. The van der Waals surface area contributed by atoms with Crippen molar-refractivity contribution in [3.05, 3.63) is 35.4 Å². The van der Waals surface area contributed by atoms with E-state index in [2.05, 4.69) is 5.32 Å². The number of ether oxygens (including phenoxy) is 1. The molecule has 2 unspecified atom stereocenters.